The van der Waals surface area contributed by atoms with Crippen molar-refractivity contribution in [1.29, 1.82) is 0 Å². The van der Waals surface area contributed by atoms with Crippen LogP contribution in [0.4, 0.5) is 0 Å². The molecule has 0 unspecified atom stereocenters. The number of amides is 1. The Labute approximate surface area is 147 Å². The lowest BCUT2D eigenvalue weighted by Gasteiger charge is -2.29. The second kappa shape index (κ2) is 8.36. The van der Waals surface area contributed by atoms with Crippen LogP contribution < -0.4 is 5.48 Å². The molecule has 0 aliphatic heterocycles. The summed E-state index contributed by atoms with van der Waals surface area (Å²) in [5.41, 5.74) is 5.56. The highest BCUT2D eigenvalue weighted by molar-refractivity contribution is 7.99. The molecule has 0 radical (unpaired) electrons. The number of rotatable bonds is 5. The molecule has 4 heteroatoms. The van der Waals surface area contributed by atoms with E-state index in [2.05, 4.69) is 48.5 Å². The zero-order valence-corrected chi connectivity index (χ0v) is 14.5. The minimum Gasteiger partial charge on any atom is -0.289 e. The summed E-state index contributed by atoms with van der Waals surface area (Å²) in [5, 5.41) is 9.21. The number of hydroxylamine groups is 1. The standard InChI is InChI=1S/C20H23NO2S/c22-20(21-23)18-8-4-5-9-19(18)24-14-15-10-12-17(13-11-15)16-6-2-1-3-7-16/h1-3,6-7,10-13,18-19,23H,4-5,8-9,14H2,(H,21,22)/t18-,19-/m1/s1. The lowest BCUT2D eigenvalue weighted by Crippen LogP contribution is -2.36. The summed E-state index contributed by atoms with van der Waals surface area (Å²) in [6, 6.07) is 19.0. The van der Waals surface area contributed by atoms with E-state index in [4.69, 9.17) is 5.21 Å². The van der Waals surface area contributed by atoms with Crippen molar-refractivity contribution in [2.45, 2.75) is 36.7 Å². The molecule has 3 nitrogen and oxygen atoms in total. The molecule has 1 saturated carbocycles. The summed E-state index contributed by atoms with van der Waals surface area (Å²) in [5.74, 6) is 0.596. The SMILES string of the molecule is O=C(NO)[C@@H]1CCCC[C@H]1SCc1ccc(-c2ccccc2)cc1. The van der Waals surface area contributed by atoms with E-state index in [0.29, 0.717) is 5.25 Å². The van der Waals surface area contributed by atoms with Gasteiger partial charge in [-0.2, -0.15) is 11.8 Å². The Morgan fingerprint density at radius 3 is 2.38 bits per heavy atom. The molecular formula is C20H23NO2S. The second-order valence-electron chi connectivity index (χ2n) is 6.28. The Balaban J connectivity index is 1.61. The number of nitrogens with one attached hydrogen (secondary N) is 1. The van der Waals surface area contributed by atoms with Crippen molar-refractivity contribution in [3.8, 4) is 11.1 Å². The fraction of sp³-hybridized carbons (Fsp3) is 0.350. The van der Waals surface area contributed by atoms with Crippen molar-refractivity contribution >= 4 is 17.7 Å². The van der Waals surface area contributed by atoms with Crippen molar-refractivity contribution in [3.05, 3.63) is 60.2 Å². The van der Waals surface area contributed by atoms with Crippen LogP contribution in [-0.2, 0) is 10.5 Å². The third-order valence-corrected chi connectivity index (χ3v) is 6.17. The van der Waals surface area contributed by atoms with E-state index in [1.807, 2.05) is 23.3 Å². The van der Waals surface area contributed by atoms with E-state index in [0.717, 1.165) is 25.0 Å². The first kappa shape index (κ1) is 17.1. The molecule has 2 aromatic rings. The van der Waals surface area contributed by atoms with Gasteiger partial charge in [-0.25, -0.2) is 5.48 Å². The van der Waals surface area contributed by atoms with Gasteiger partial charge in [0.1, 0.15) is 0 Å². The van der Waals surface area contributed by atoms with Crippen molar-refractivity contribution in [1.82, 2.24) is 5.48 Å². The predicted molar refractivity (Wildman–Crippen MR) is 98.8 cm³/mol. The van der Waals surface area contributed by atoms with Crippen LogP contribution in [0.2, 0.25) is 0 Å². The minimum atomic E-state index is -0.230. The smallest absolute Gasteiger partial charge is 0.247 e. The summed E-state index contributed by atoms with van der Waals surface area (Å²) >= 11 is 1.83. The first-order valence-electron chi connectivity index (χ1n) is 8.48. The van der Waals surface area contributed by atoms with Crippen LogP contribution >= 0.6 is 11.8 Å². The maximum atomic E-state index is 11.8. The van der Waals surface area contributed by atoms with Gasteiger partial charge in [0.15, 0.2) is 0 Å². The molecule has 1 fully saturated rings. The number of hydrogen-bond acceptors (Lipinski definition) is 3. The molecule has 0 heterocycles. The van der Waals surface area contributed by atoms with Crippen LogP contribution in [0.1, 0.15) is 31.2 Å². The van der Waals surface area contributed by atoms with Crippen LogP contribution in [0.25, 0.3) is 11.1 Å². The first-order chi connectivity index (χ1) is 11.8. The summed E-state index contributed by atoms with van der Waals surface area (Å²) in [6.07, 6.45) is 4.16. The molecule has 2 aromatic carbocycles. The molecule has 0 bridgehead atoms. The molecule has 2 atom stereocenters. The van der Waals surface area contributed by atoms with Gasteiger partial charge in [-0.05, 0) is 29.5 Å². The van der Waals surface area contributed by atoms with E-state index in [1.54, 1.807) is 0 Å². The molecule has 1 aliphatic rings. The number of benzene rings is 2. The van der Waals surface area contributed by atoms with E-state index in [9.17, 15) is 4.79 Å². The van der Waals surface area contributed by atoms with Gasteiger partial charge >= 0.3 is 0 Å². The average molecular weight is 341 g/mol. The van der Waals surface area contributed by atoms with E-state index in [1.165, 1.54) is 23.1 Å². The van der Waals surface area contributed by atoms with E-state index >= 15 is 0 Å². The van der Waals surface area contributed by atoms with E-state index in [-0.39, 0.29) is 11.8 Å². The molecule has 1 amide bonds. The second-order valence-corrected chi connectivity index (χ2v) is 7.51. The zero-order chi connectivity index (χ0) is 16.8. The molecular weight excluding hydrogens is 318 g/mol. The number of carbonyl (C=O) groups is 1. The third kappa shape index (κ3) is 4.19. The van der Waals surface area contributed by atoms with Gasteiger partial charge in [0.2, 0.25) is 5.91 Å². The third-order valence-electron chi connectivity index (χ3n) is 4.67. The first-order valence-corrected chi connectivity index (χ1v) is 9.52. The maximum Gasteiger partial charge on any atom is 0.247 e. The minimum absolute atomic E-state index is 0.0719. The predicted octanol–water partition coefficient (Wildman–Crippen LogP) is 4.65. The lowest BCUT2D eigenvalue weighted by molar-refractivity contribution is -0.134. The molecule has 0 saturated heterocycles. The molecule has 0 spiro atoms. The van der Waals surface area contributed by atoms with Crippen LogP contribution in [0, 0.1) is 5.92 Å². The van der Waals surface area contributed by atoms with Gasteiger partial charge in [0, 0.05) is 11.0 Å². The highest BCUT2D eigenvalue weighted by Gasteiger charge is 2.30. The molecule has 1 aliphatic carbocycles. The Hall–Kier alpha value is -1.78. The highest BCUT2D eigenvalue weighted by atomic mass is 32.2. The summed E-state index contributed by atoms with van der Waals surface area (Å²) < 4.78 is 0. The number of hydrogen-bond donors (Lipinski definition) is 2. The van der Waals surface area contributed by atoms with Crippen molar-refractivity contribution in [2.75, 3.05) is 0 Å². The van der Waals surface area contributed by atoms with Crippen molar-refractivity contribution < 1.29 is 10.0 Å². The van der Waals surface area contributed by atoms with Crippen LogP contribution in [0.15, 0.2) is 54.6 Å². The lowest BCUT2D eigenvalue weighted by atomic mass is 9.88. The van der Waals surface area contributed by atoms with E-state index < -0.39 is 0 Å². The quantitative estimate of drug-likeness (QED) is 0.615. The van der Waals surface area contributed by atoms with Gasteiger partial charge in [0.25, 0.3) is 0 Å². The van der Waals surface area contributed by atoms with Crippen molar-refractivity contribution in [2.24, 2.45) is 5.92 Å². The maximum absolute atomic E-state index is 11.8. The fourth-order valence-corrected chi connectivity index (χ4v) is 4.73. The largest absolute Gasteiger partial charge is 0.289 e. The number of thioether (sulfide) groups is 1. The van der Waals surface area contributed by atoms with Gasteiger partial charge < -0.3 is 0 Å². The monoisotopic (exact) mass is 341 g/mol. The number of carbonyl (C=O) groups excluding carboxylic acids is 1. The summed E-state index contributed by atoms with van der Waals surface area (Å²) in [6.45, 7) is 0. The Kier molecular flexibility index (Phi) is 5.94. The Morgan fingerprint density at radius 1 is 1.00 bits per heavy atom. The normalized spacial score (nSPS) is 20.5. The van der Waals surface area contributed by atoms with Gasteiger partial charge in [0.05, 0.1) is 5.92 Å². The van der Waals surface area contributed by atoms with Crippen LogP contribution in [0.3, 0.4) is 0 Å². The van der Waals surface area contributed by atoms with Crippen LogP contribution in [-0.4, -0.2) is 16.4 Å². The van der Waals surface area contributed by atoms with Gasteiger partial charge in [-0.1, -0.05) is 67.4 Å². The van der Waals surface area contributed by atoms with Crippen LogP contribution in [0.5, 0.6) is 0 Å². The molecule has 24 heavy (non-hydrogen) atoms. The molecule has 2 N–H and O–H groups in total. The molecule has 126 valence electrons. The Bertz CT molecular complexity index is 657. The molecule has 3 rings (SSSR count). The topological polar surface area (TPSA) is 49.3 Å². The molecule has 0 aromatic heterocycles. The Morgan fingerprint density at radius 2 is 1.67 bits per heavy atom. The summed E-state index contributed by atoms with van der Waals surface area (Å²) in [4.78, 5) is 11.8. The summed E-state index contributed by atoms with van der Waals surface area (Å²) in [7, 11) is 0. The zero-order valence-electron chi connectivity index (χ0n) is 13.7. The van der Waals surface area contributed by atoms with Gasteiger partial charge in [-0.3, -0.25) is 10.0 Å². The van der Waals surface area contributed by atoms with Crippen molar-refractivity contribution in [3.63, 3.8) is 0 Å². The fourth-order valence-electron chi connectivity index (χ4n) is 3.31. The van der Waals surface area contributed by atoms with Gasteiger partial charge in [-0.15, -0.1) is 0 Å². The highest BCUT2D eigenvalue weighted by Crippen LogP contribution is 2.35. The average Bonchev–Trinajstić information content (AvgIpc) is 2.67.